The third kappa shape index (κ3) is 3.61. The van der Waals surface area contributed by atoms with Crippen molar-refractivity contribution in [2.45, 2.75) is 19.4 Å². The zero-order chi connectivity index (χ0) is 17.1. The molecule has 0 saturated carbocycles. The van der Waals surface area contributed by atoms with Crippen LogP contribution in [0.2, 0.25) is 0 Å². The highest BCUT2D eigenvalue weighted by Gasteiger charge is 2.17. The number of fused-ring (bicyclic) bond motifs is 1. The summed E-state index contributed by atoms with van der Waals surface area (Å²) in [5.74, 6) is 1.62. The molecule has 0 bridgehead atoms. The Hall–Kier alpha value is -2.92. The number of hydrogen-bond acceptors (Lipinski definition) is 4. The molecule has 0 aliphatic carbocycles. The molecule has 5 heteroatoms. The second-order valence-electron chi connectivity index (χ2n) is 6.04. The van der Waals surface area contributed by atoms with Crippen molar-refractivity contribution in [3.05, 3.63) is 87.3 Å². The number of aromatic nitrogens is 2. The second-order valence-corrected chi connectivity index (χ2v) is 6.04. The Labute approximate surface area is 145 Å². The van der Waals surface area contributed by atoms with Crippen molar-refractivity contribution in [1.29, 1.82) is 0 Å². The van der Waals surface area contributed by atoms with E-state index in [9.17, 15) is 4.79 Å². The zero-order valence-corrected chi connectivity index (χ0v) is 13.7. The van der Waals surface area contributed by atoms with Crippen molar-refractivity contribution in [3.63, 3.8) is 0 Å². The lowest BCUT2D eigenvalue weighted by Crippen LogP contribution is -2.12. The molecule has 5 nitrogen and oxygen atoms in total. The molecule has 1 aliphatic rings. The standard InChI is InChI=1S/C20H18N2O3/c23-20-7-6-16(21-22-20)11-14-10-15-8-9-24-13-18(15)19(12-14)25-17-4-2-1-3-5-17/h1-7,10,12H,8-9,11,13H2,(H,22,23). The van der Waals surface area contributed by atoms with E-state index >= 15 is 0 Å². The molecule has 0 unspecified atom stereocenters. The van der Waals surface area contributed by atoms with Crippen molar-refractivity contribution >= 4 is 0 Å². The van der Waals surface area contributed by atoms with E-state index in [1.807, 2.05) is 36.4 Å². The maximum Gasteiger partial charge on any atom is 0.264 e. The minimum Gasteiger partial charge on any atom is -0.457 e. The molecule has 25 heavy (non-hydrogen) atoms. The molecule has 1 N–H and O–H groups in total. The van der Waals surface area contributed by atoms with Gasteiger partial charge in [-0.2, -0.15) is 5.10 Å². The van der Waals surface area contributed by atoms with Crippen LogP contribution in [0.15, 0.2) is 59.4 Å². The van der Waals surface area contributed by atoms with Crippen molar-refractivity contribution in [2.24, 2.45) is 0 Å². The monoisotopic (exact) mass is 334 g/mol. The molecule has 0 amide bonds. The van der Waals surface area contributed by atoms with E-state index in [0.717, 1.165) is 41.3 Å². The summed E-state index contributed by atoms with van der Waals surface area (Å²) in [6.45, 7) is 1.28. The van der Waals surface area contributed by atoms with Gasteiger partial charge in [-0.05, 0) is 41.8 Å². The predicted octanol–water partition coefficient (Wildman–Crippen LogP) is 3.23. The molecule has 2 aromatic carbocycles. The number of H-pyrrole nitrogens is 1. The fraction of sp³-hybridized carbons (Fsp3) is 0.200. The summed E-state index contributed by atoms with van der Waals surface area (Å²) < 4.78 is 11.7. The molecule has 0 fully saturated rings. The fourth-order valence-corrected chi connectivity index (χ4v) is 3.00. The minimum atomic E-state index is -0.195. The smallest absolute Gasteiger partial charge is 0.264 e. The zero-order valence-electron chi connectivity index (χ0n) is 13.7. The van der Waals surface area contributed by atoms with Gasteiger partial charge in [0.1, 0.15) is 11.5 Å². The number of aromatic amines is 1. The van der Waals surface area contributed by atoms with Gasteiger partial charge in [0.15, 0.2) is 0 Å². The molecule has 126 valence electrons. The van der Waals surface area contributed by atoms with Crippen LogP contribution in [-0.4, -0.2) is 16.8 Å². The minimum absolute atomic E-state index is 0.195. The number of ether oxygens (including phenoxy) is 2. The summed E-state index contributed by atoms with van der Waals surface area (Å²) in [6.07, 6.45) is 1.50. The van der Waals surface area contributed by atoms with E-state index in [2.05, 4.69) is 16.3 Å². The van der Waals surface area contributed by atoms with Gasteiger partial charge in [0.05, 0.1) is 18.9 Å². The van der Waals surface area contributed by atoms with E-state index in [4.69, 9.17) is 9.47 Å². The summed E-state index contributed by atoms with van der Waals surface area (Å²) in [5.41, 5.74) is 4.08. The molecule has 1 aliphatic heterocycles. The lowest BCUT2D eigenvalue weighted by molar-refractivity contribution is 0.109. The Morgan fingerprint density at radius 1 is 1.12 bits per heavy atom. The molecule has 4 rings (SSSR count). The first kappa shape index (κ1) is 15.6. The van der Waals surface area contributed by atoms with E-state index < -0.39 is 0 Å². The van der Waals surface area contributed by atoms with Crippen molar-refractivity contribution < 1.29 is 9.47 Å². The quantitative estimate of drug-likeness (QED) is 0.796. The average molecular weight is 334 g/mol. The van der Waals surface area contributed by atoms with Gasteiger partial charge in [-0.25, -0.2) is 5.10 Å². The molecule has 3 aromatic rings. The Morgan fingerprint density at radius 3 is 2.80 bits per heavy atom. The maximum atomic E-state index is 11.2. The predicted molar refractivity (Wildman–Crippen MR) is 94.0 cm³/mol. The third-order valence-corrected chi connectivity index (χ3v) is 4.22. The first-order valence-electron chi connectivity index (χ1n) is 8.28. The summed E-state index contributed by atoms with van der Waals surface area (Å²) in [5, 5.41) is 6.58. The van der Waals surface area contributed by atoms with E-state index in [1.54, 1.807) is 6.07 Å². The van der Waals surface area contributed by atoms with Gasteiger partial charge in [0.25, 0.3) is 5.56 Å². The van der Waals surface area contributed by atoms with Crippen LogP contribution in [0.4, 0.5) is 0 Å². The molecule has 2 heterocycles. The maximum absolute atomic E-state index is 11.2. The number of para-hydroxylation sites is 1. The SMILES string of the molecule is O=c1ccc(Cc2cc3c(c(Oc4ccccc4)c2)COCC3)n[nH]1. The topological polar surface area (TPSA) is 64.2 Å². The second kappa shape index (κ2) is 6.91. The summed E-state index contributed by atoms with van der Waals surface area (Å²) in [4.78, 5) is 11.2. The summed E-state index contributed by atoms with van der Waals surface area (Å²) in [7, 11) is 0. The highest BCUT2D eigenvalue weighted by Crippen LogP contribution is 2.33. The molecule has 0 spiro atoms. The molecule has 0 atom stereocenters. The molecule has 1 aromatic heterocycles. The summed E-state index contributed by atoms with van der Waals surface area (Å²) >= 11 is 0. The lowest BCUT2D eigenvalue weighted by atomic mass is 9.97. The van der Waals surface area contributed by atoms with Gasteiger partial charge in [0, 0.05) is 18.1 Å². The largest absolute Gasteiger partial charge is 0.457 e. The first-order valence-corrected chi connectivity index (χ1v) is 8.28. The van der Waals surface area contributed by atoms with E-state index in [0.29, 0.717) is 13.0 Å². The highest BCUT2D eigenvalue weighted by molar-refractivity contribution is 5.47. The molecule has 0 saturated heterocycles. The average Bonchev–Trinajstić information content (AvgIpc) is 2.65. The normalized spacial score (nSPS) is 13.3. The number of benzene rings is 2. The number of nitrogens with one attached hydrogen (secondary N) is 1. The van der Waals surface area contributed by atoms with Crippen LogP contribution in [0, 0.1) is 0 Å². The van der Waals surface area contributed by atoms with Crippen molar-refractivity contribution in [1.82, 2.24) is 10.2 Å². The Morgan fingerprint density at radius 2 is 2.00 bits per heavy atom. The van der Waals surface area contributed by atoms with Crippen LogP contribution in [0.3, 0.4) is 0 Å². The third-order valence-electron chi connectivity index (χ3n) is 4.22. The Bertz CT molecular complexity index is 915. The van der Waals surface area contributed by atoms with Crippen LogP contribution in [0.25, 0.3) is 0 Å². The number of hydrogen-bond donors (Lipinski definition) is 1. The molecular formula is C20H18N2O3. The number of nitrogens with zero attached hydrogens (tertiary/aromatic N) is 1. The number of rotatable bonds is 4. The molecule has 0 radical (unpaired) electrons. The van der Waals surface area contributed by atoms with Gasteiger partial charge in [0.2, 0.25) is 0 Å². The van der Waals surface area contributed by atoms with Crippen molar-refractivity contribution in [3.8, 4) is 11.5 Å². The van der Waals surface area contributed by atoms with E-state index in [1.165, 1.54) is 11.6 Å². The van der Waals surface area contributed by atoms with Gasteiger partial charge in [-0.1, -0.05) is 24.3 Å². The lowest BCUT2D eigenvalue weighted by Gasteiger charge is -2.21. The van der Waals surface area contributed by atoms with Gasteiger partial charge in [-0.3, -0.25) is 4.79 Å². The van der Waals surface area contributed by atoms with Gasteiger partial charge < -0.3 is 9.47 Å². The highest BCUT2D eigenvalue weighted by atomic mass is 16.5. The van der Waals surface area contributed by atoms with Crippen LogP contribution < -0.4 is 10.3 Å². The van der Waals surface area contributed by atoms with Crippen LogP contribution in [0.5, 0.6) is 11.5 Å². The van der Waals surface area contributed by atoms with Gasteiger partial charge in [-0.15, -0.1) is 0 Å². The van der Waals surface area contributed by atoms with Crippen LogP contribution in [0.1, 0.15) is 22.4 Å². The van der Waals surface area contributed by atoms with Crippen molar-refractivity contribution in [2.75, 3.05) is 6.61 Å². The van der Waals surface area contributed by atoms with Crippen LogP contribution >= 0.6 is 0 Å². The Balaban J connectivity index is 1.69. The van der Waals surface area contributed by atoms with Crippen LogP contribution in [-0.2, 0) is 24.2 Å². The molecular weight excluding hydrogens is 316 g/mol. The fourth-order valence-electron chi connectivity index (χ4n) is 3.00. The summed E-state index contributed by atoms with van der Waals surface area (Å²) in [6, 6.07) is 17.2. The first-order chi connectivity index (χ1) is 12.3. The Kier molecular flexibility index (Phi) is 4.31. The van der Waals surface area contributed by atoms with E-state index in [-0.39, 0.29) is 5.56 Å². The van der Waals surface area contributed by atoms with Gasteiger partial charge >= 0.3 is 0 Å².